The van der Waals surface area contributed by atoms with Crippen LogP contribution in [0.2, 0.25) is 5.02 Å². The molecule has 1 atom stereocenters. The van der Waals surface area contributed by atoms with Crippen LogP contribution in [0.4, 0.5) is 17.1 Å². The lowest BCUT2D eigenvalue weighted by molar-refractivity contribution is -0.384. The van der Waals surface area contributed by atoms with Gasteiger partial charge in [0.15, 0.2) is 0 Å². The molecule has 4 aromatic carbocycles. The van der Waals surface area contributed by atoms with Crippen molar-refractivity contribution >= 4 is 63.9 Å². The summed E-state index contributed by atoms with van der Waals surface area (Å²) in [6.45, 7) is 16.3. The zero-order valence-electron chi connectivity index (χ0n) is 36.5. The summed E-state index contributed by atoms with van der Waals surface area (Å²) in [6, 6.07) is 31.4. The quantitative estimate of drug-likeness (QED) is 0.0461. The number of nitro groups is 1. The maximum atomic E-state index is 13.3. The van der Waals surface area contributed by atoms with Crippen molar-refractivity contribution in [2.24, 2.45) is 5.41 Å². The van der Waals surface area contributed by atoms with Crippen LogP contribution in [-0.4, -0.2) is 97.0 Å². The molecule has 2 heterocycles. The van der Waals surface area contributed by atoms with Gasteiger partial charge < -0.3 is 19.9 Å². The van der Waals surface area contributed by atoms with Crippen LogP contribution < -0.4 is 14.9 Å². The molecule has 0 spiro atoms. The minimum absolute atomic E-state index is 0.0197. The van der Waals surface area contributed by atoms with Gasteiger partial charge in [0.2, 0.25) is 0 Å². The molecule has 4 aromatic rings. The van der Waals surface area contributed by atoms with Gasteiger partial charge in [0.25, 0.3) is 11.6 Å². The third kappa shape index (κ3) is 13.0. The molecule has 0 aromatic heterocycles. The van der Waals surface area contributed by atoms with Crippen molar-refractivity contribution in [1.29, 1.82) is 0 Å². The molecule has 10 nitrogen and oxygen atoms in total. The first kappa shape index (κ1) is 46.0. The number of carbonyl (C=O) groups excluding carboxylic acids is 1. The highest BCUT2D eigenvalue weighted by Crippen LogP contribution is 2.43. The van der Waals surface area contributed by atoms with Crippen LogP contribution >= 0.6 is 35.3 Å². The average molecular weight is 898 g/mol. The van der Waals surface area contributed by atoms with Crippen molar-refractivity contribution in [3.63, 3.8) is 0 Å². The van der Waals surface area contributed by atoms with E-state index in [2.05, 4.69) is 76.7 Å². The van der Waals surface area contributed by atoms with Crippen molar-refractivity contribution in [3.8, 4) is 0 Å². The molecule has 3 aliphatic rings. The SMILES string of the molecule is CC(C)OC1CCN(CC(CSc2ccccc2)Nc2ccc(SNC(=O)c3ccc(N4CCN(CC5=C(c6ccc(Cl)cc6)CCC(C)(C)C5)CC4)cc3)cc2[N+](=O)[O-])CC1. The van der Waals surface area contributed by atoms with Crippen LogP contribution in [0.5, 0.6) is 0 Å². The van der Waals surface area contributed by atoms with Crippen LogP contribution in [-0.2, 0) is 4.74 Å². The summed E-state index contributed by atoms with van der Waals surface area (Å²) in [7, 11) is 0. The molecular weight excluding hydrogens is 836 g/mol. The largest absolute Gasteiger partial charge is 0.375 e. The molecule has 0 radical (unpaired) electrons. The Morgan fingerprint density at radius 3 is 2.29 bits per heavy atom. The average Bonchev–Trinajstić information content (AvgIpc) is 3.26. The topological polar surface area (TPSA) is 103 Å². The molecular formula is C49H61ClN6O4S2. The maximum absolute atomic E-state index is 13.3. The lowest BCUT2D eigenvalue weighted by atomic mass is 9.73. The van der Waals surface area contributed by atoms with E-state index in [0.29, 0.717) is 21.6 Å². The second-order valence-corrected chi connectivity index (χ2v) is 20.3. The van der Waals surface area contributed by atoms with Crippen LogP contribution in [0, 0.1) is 15.5 Å². The predicted molar refractivity (Wildman–Crippen MR) is 258 cm³/mol. The number of piperazine rings is 1. The molecule has 7 rings (SSSR count). The van der Waals surface area contributed by atoms with E-state index in [9.17, 15) is 14.9 Å². The number of nitrogens with one attached hydrogen (secondary N) is 2. The number of hydrogen-bond donors (Lipinski definition) is 2. The number of rotatable bonds is 17. The standard InChI is InChI=1S/C49H61ClN6O4S2/c1-35(2)60-42-21-24-53(25-22-42)33-40(34-61-43-8-6-5-7-9-43)51-46-19-18-44(30-47(46)56(58)59)62-52-48(57)37-12-16-41(17-13-37)55-28-26-54(27-29-55)32-38-31-49(3,4)23-20-45(38)36-10-14-39(50)15-11-36/h5-19,30,35,40,42,51H,20-29,31-34H2,1-4H3,(H,52,57). The van der Waals surface area contributed by atoms with Crippen LogP contribution in [0.25, 0.3) is 5.57 Å². The minimum Gasteiger partial charge on any atom is -0.375 e. The first-order chi connectivity index (χ1) is 29.9. The molecule has 2 saturated heterocycles. The molecule has 0 saturated carbocycles. The Hall–Kier alpha value is -4.04. The van der Waals surface area contributed by atoms with E-state index in [1.165, 1.54) is 23.6 Å². The summed E-state index contributed by atoms with van der Waals surface area (Å²) in [5.74, 6) is 0.492. The van der Waals surface area contributed by atoms with Gasteiger partial charge in [0.1, 0.15) is 5.69 Å². The lowest BCUT2D eigenvalue weighted by Crippen LogP contribution is -2.47. The van der Waals surface area contributed by atoms with E-state index in [-0.39, 0.29) is 34.8 Å². The maximum Gasteiger partial charge on any atom is 0.293 e. The van der Waals surface area contributed by atoms with Crippen molar-refractivity contribution < 1.29 is 14.5 Å². The van der Waals surface area contributed by atoms with E-state index in [0.717, 1.165) is 111 Å². The predicted octanol–water partition coefficient (Wildman–Crippen LogP) is 10.9. The summed E-state index contributed by atoms with van der Waals surface area (Å²) >= 11 is 9.05. The normalized spacial score (nSPS) is 18.2. The molecule has 1 amide bonds. The number of anilines is 2. The lowest BCUT2D eigenvalue weighted by Gasteiger charge is -2.39. The third-order valence-corrected chi connectivity index (χ3v) is 14.3. The summed E-state index contributed by atoms with van der Waals surface area (Å²) in [5, 5.41) is 16.7. The highest BCUT2D eigenvalue weighted by molar-refractivity contribution is 7.99. The van der Waals surface area contributed by atoms with Gasteiger partial charge in [0.05, 0.1) is 17.1 Å². The van der Waals surface area contributed by atoms with Gasteiger partial charge in [-0.25, -0.2) is 0 Å². The Morgan fingerprint density at radius 2 is 1.61 bits per heavy atom. The summed E-state index contributed by atoms with van der Waals surface area (Å²) in [4.78, 5) is 34.5. The second kappa shape index (κ2) is 21.6. The Kier molecular flexibility index (Phi) is 16.0. The molecule has 2 N–H and O–H groups in total. The number of benzene rings is 4. The number of allylic oxidation sites excluding steroid dienone is 1. The molecule has 1 unspecified atom stereocenters. The van der Waals surface area contributed by atoms with E-state index in [1.54, 1.807) is 23.4 Å². The van der Waals surface area contributed by atoms with E-state index < -0.39 is 0 Å². The molecule has 13 heteroatoms. The Morgan fingerprint density at radius 1 is 0.903 bits per heavy atom. The van der Waals surface area contributed by atoms with Gasteiger partial charge in [-0.3, -0.25) is 24.5 Å². The second-order valence-electron chi connectivity index (χ2n) is 17.9. The van der Waals surface area contributed by atoms with Gasteiger partial charge in [-0.1, -0.05) is 61.4 Å². The number of nitrogens with zero attached hydrogens (tertiary/aromatic N) is 4. The van der Waals surface area contributed by atoms with Gasteiger partial charge >= 0.3 is 0 Å². The smallest absolute Gasteiger partial charge is 0.293 e. The Balaban J connectivity index is 0.924. The highest BCUT2D eigenvalue weighted by atomic mass is 35.5. The van der Waals surface area contributed by atoms with Gasteiger partial charge in [0, 0.05) is 96.3 Å². The molecule has 2 aliphatic heterocycles. The van der Waals surface area contributed by atoms with Crippen LogP contribution in [0.15, 0.2) is 112 Å². The van der Waals surface area contributed by atoms with E-state index in [4.69, 9.17) is 16.3 Å². The number of halogens is 1. The van der Waals surface area contributed by atoms with Crippen molar-refractivity contribution in [3.05, 3.63) is 129 Å². The van der Waals surface area contributed by atoms with Gasteiger partial charge in [-0.15, -0.1) is 11.8 Å². The summed E-state index contributed by atoms with van der Waals surface area (Å²) < 4.78 is 8.97. The Labute approximate surface area is 381 Å². The third-order valence-electron chi connectivity index (χ3n) is 12.1. The molecule has 2 fully saturated rings. The minimum atomic E-state index is -0.352. The van der Waals surface area contributed by atoms with E-state index in [1.807, 2.05) is 60.7 Å². The first-order valence-corrected chi connectivity index (χ1v) is 24.2. The Bertz CT molecular complexity index is 2140. The number of likely N-dealkylation sites (tertiary alicyclic amines) is 1. The number of thioether (sulfide) groups is 1. The molecule has 62 heavy (non-hydrogen) atoms. The number of carbonyl (C=O) groups is 1. The number of ether oxygens (including phenoxy) is 1. The van der Waals surface area contributed by atoms with Crippen molar-refractivity contribution in [1.82, 2.24) is 14.5 Å². The number of nitro benzene ring substituents is 1. The van der Waals surface area contributed by atoms with E-state index >= 15 is 0 Å². The first-order valence-electron chi connectivity index (χ1n) is 22.0. The fourth-order valence-corrected chi connectivity index (χ4v) is 10.5. The van der Waals surface area contributed by atoms with Crippen LogP contribution in [0.3, 0.4) is 0 Å². The highest BCUT2D eigenvalue weighted by Gasteiger charge is 2.30. The zero-order valence-corrected chi connectivity index (χ0v) is 38.9. The monoisotopic (exact) mass is 896 g/mol. The molecule has 330 valence electrons. The fraction of sp³-hybridized carbons (Fsp3) is 0.449. The summed E-state index contributed by atoms with van der Waals surface area (Å²) in [6.07, 6.45) is 5.82. The zero-order chi connectivity index (χ0) is 43.6. The molecule has 0 bridgehead atoms. The van der Waals surface area contributed by atoms with Crippen molar-refractivity contribution in [2.75, 3.05) is 68.3 Å². The molecule has 1 aliphatic carbocycles. The van der Waals surface area contributed by atoms with Crippen molar-refractivity contribution in [2.45, 2.75) is 87.8 Å². The number of amides is 1. The number of piperidine rings is 1. The number of hydrogen-bond acceptors (Lipinski definition) is 10. The summed E-state index contributed by atoms with van der Waals surface area (Å²) in [5.41, 5.74) is 6.70. The van der Waals surface area contributed by atoms with Gasteiger partial charge in [-0.05, 0) is 135 Å². The van der Waals surface area contributed by atoms with Crippen LogP contribution in [0.1, 0.15) is 75.7 Å². The van der Waals surface area contributed by atoms with Gasteiger partial charge in [-0.2, -0.15) is 0 Å². The fourth-order valence-electron chi connectivity index (χ4n) is 8.83.